The zero-order valence-electron chi connectivity index (χ0n) is 6.18. The minimum atomic E-state index is 0.752. The van der Waals surface area contributed by atoms with Gasteiger partial charge in [0.2, 0.25) is 0 Å². The lowest BCUT2D eigenvalue weighted by atomic mass is 10.1. The molecule has 0 radical (unpaired) electrons. The van der Waals surface area contributed by atoms with Crippen molar-refractivity contribution in [1.82, 2.24) is 10.2 Å². The average molecular weight is 142 g/mol. The number of ether oxygens (including phenoxy) is 1. The van der Waals surface area contributed by atoms with Gasteiger partial charge in [-0.2, -0.15) is 0 Å². The van der Waals surface area contributed by atoms with Crippen LogP contribution in [0.4, 0.5) is 0 Å². The first-order chi connectivity index (χ1) is 4.97. The van der Waals surface area contributed by atoms with Gasteiger partial charge in [0.1, 0.15) is 0 Å². The second-order valence-corrected chi connectivity index (χ2v) is 3.00. The molecule has 0 aromatic carbocycles. The maximum atomic E-state index is 5.34. The predicted molar refractivity (Wildman–Crippen MR) is 38.8 cm³/mol. The summed E-state index contributed by atoms with van der Waals surface area (Å²) in [6, 6.07) is 0.752. The first kappa shape index (κ1) is 6.58. The van der Waals surface area contributed by atoms with Crippen LogP contribution in [0.5, 0.6) is 0 Å². The Hall–Kier alpha value is -0.120. The molecule has 1 unspecified atom stereocenters. The Kier molecular flexibility index (Phi) is 1.88. The molecule has 10 heavy (non-hydrogen) atoms. The smallest absolute Gasteiger partial charge is 0.0993 e. The lowest BCUT2D eigenvalue weighted by molar-refractivity contribution is -0.0554. The van der Waals surface area contributed by atoms with Crippen LogP contribution in [0.2, 0.25) is 0 Å². The molecular formula is C7H14N2O. The van der Waals surface area contributed by atoms with E-state index >= 15 is 0 Å². The van der Waals surface area contributed by atoms with Crippen LogP contribution in [0.25, 0.3) is 0 Å². The van der Waals surface area contributed by atoms with Crippen LogP contribution in [0.3, 0.4) is 0 Å². The monoisotopic (exact) mass is 142 g/mol. The first-order valence-electron chi connectivity index (χ1n) is 3.99. The van der Waals surface area contributed by atoms with Crippen molar-refractivity contribution < 1.29 is 4.74 Å². The molecule has 0 aliphatic carbocycles. The average Bonchev–Trinajstić information content (AvgIpc) is 2.05. The zero-order chi connectivity index (χ0) is 6.81. The number of piperazine rings is 1. The van der Waals surface area contributed by atoms with Crippen molar-refractivity contribution in [2.24, 2.45) is 0 Å². The zero-order valence-corrected chi connectivity index (χ0v) is 6.18. The van der Waals surface area contributed by atoms with Gasteiger partial charge in [0.05, 0.1) is 6.73 Å². The fraction of sp³-hybridized carbons (Fsp3) is 1.00. The second-order valence-electron chi connectivity index (χ2n) is 3.00. The summed E-state index contributed by atoms with van der Waals surface area (Å²) in [6.07, 6.45) is 1.20. The van der Waals surface area contributed by atoms with E-state index in [1.807, 2.05) is 0 Å². The highest BCUT2D eigenvalue weighted by Crippen LogP contribution is 2.11. The van der Waals surface area contributed by atoms with Gasteiger partial charge < -0.3 is 10.1 Å². The van der Waals surface area contributed by atoms with Gasteiger partial charge in [-0.3, -0.25) is 4.90 Å². The van der Waals surface area contributed by atoms with Crippen LogP contribution in [0.15, 0.2) is 0 Å². The van der Waals surface area contributed by atoms with E-state index in [0.29, 0.717) is 0 Å². The molecule has 0 bridgehead atoms. The molecular weight excluding hydrogens is 128 g/mol. The van der Waals surface area contributed by atoms with Crippen molar-refractivity contribution in [2.75, 3.05) is 33.0 Å². The maximum absolute atomic E-state index is 5.34. The summed E-state index contributed by atoms with van der Waals surface area (Å²) in [7, 11) is 0. The third-order valence-electron chi connectivity index (χ3n) is 2.32. The molecule has 1 N–H and O–H groups in total. The van der Waals surface area contributed by atoms with Crippen LogP contribution < -0.4 is 5.32 Å². The highest BCUT2D eigenvalue weighted by molar-refractivity contribution is 4.79. The van der Waals surface area contributed by atoms with Crippen LogP contribution in [0.1, 0.15) is 6.42 Å². The van der Waals surface area contributed by atoms with Gasteiger partial charge in [-0.05, 0) is 6.42 Å². The number of fused-ring (bicyclic) bond motifs is 1. The van der Waals surface area contributed by atoms with E-state index in [0.717, 1.165) is 39.0 Å². The molecule has 2 fully saturated rings. The van der Waals surface area contributed by atoms with Gasteiger partial charge in [0.15, 0.2) is 0 Å². The standard InChI is InChI=1S/C7H14N2O/c1-4-10-6-9-3-2-8-5-7(1)9/h7-8H,1-6H2. The van der Waals surface area contributed by atoms with E-state index in [4.69, 9.17) is 4.74 Å². The van der Waals surface area contributed by atoms with E-state index in [2.05, 4.69) is 10.2 Å². The summed E-state index contributed by atoms with van der Waals surface area (Å²) < 4.78 is 5.34. The van der Waals surface area contributed by atoms with Gasteiger partial charge in [0, 0.05) is 32.3 Å². The highest BCUT2D eigenvalue weighted by Gasteiger charge is 2.24. The van der Waals surface area contributed by atoms with Gasteiger partial charge in [-0.25, -0.2) is 0 Å². The quantitative estimate of drug-likeness (QED) is 0.500. The molecule has 0 aromatic heterocycles. The van der Waals surface area contributed by atoms with Crippen LogP contribution in [0, 0.1) is 0 Å². The van der Waals surface area contributed by atoms with E-state index in [1.54, 1.807) is 0 Å². The number of nitrogens with one attached hydrogen (secondary N) is 1. The maximum Gasteiger partial charge on any atom is 0.0993 e. The Bertz CT molecular complexity index is 92.2. The highest BCUT2D eigenvalue weighted by atomic mass is 16.5. The molecule has 58 valence electrons. The van der Waals surface area contributed by atoms with Crippen LogP contribution in [-0.4, -0.2) is 43.9 Å². The van der Waals surface area contributed by atoms with Crippen molar-refractivity contribution in [1.29, 1.82) is 0 Å². The summed E-state index contributed by atoms with van der Waals surface area (Å²) >= 11 is 0. The minimum Gasteiger partial charge on any atom is -0.366 e. The molecule has 2 rings (SSSR count). The Labute approximate surface area is 61.3 Å². The molecule has 0 aromatic rings. The molecule has 3 nitrogen and oxygen atoms in total. The van der Waals surface area contributed by atoms with Crippen molar-refractivity contribution in [3.8, 4) is 0 Å². The molecule has 2 heterocycles. The van der Waals surface area contributed by atoms with Gasteiger partial charge in [-0.15, -0.1) is 0 Å². The molecule has 0 spiro atoms. The van der Waals surface area contributed by atoms with Crippen molar-refractivity contribution in [3.63, 3.8) is 0 Å². The number of hydrogen-bond acceptors (Lipinski definition) is 3. The number of hydrogen-bond donors (Lipinski definition) is 1. The second kappa shape index (κ2) is 2.86. The van der Waals surface area contributed by atoms with E-state index < -0.39 is 0 Å². The van der Waals surface area contributed by atoms with Crippen molar-refractivity contribution in [3.05, 3.63) is 0 Å². The third kappa shape index (κ3) is 1.17. The summed E-state index contributed by atoms with van der Waals surface area (Å²) in [5, 5.41) is 3.39. The molecule has 0 saturated carbocycles. The summed E-state index contributed by atoms with van der Waals surface area (Å²) in [6.45, 7) is 5.24. The molecule has 1 atom stereocenters. The Morgan fingerprint density at radius 1 is 1.50 bits per heavy atom. The van der Waals surface area contributed by atoms with Crippen LogP contribution >= 0.6 is 0 Å². The summed E-state index contributed by atoms with van der Waals surface area (Å²) in [5.41, 5.74) is 0. The molecule has 3 heteroatoms. The van der Waals surface area contributed by atoms with Gasteiger partial charge >= 0.3 is 0 Å². The third-order valence-corrected chi connectivity index (χ3v) is 2.32. The van der Waals surface area contributed by atoms with Gasteiger partial charge in [0.25, 0.3) is 0 Å². The fourth-order valence-corrected chi connectivity index (χ4v) is 1.66. The Morgan fingerprint density at radius 2 is 2.50 bits per heavy atom. The van der Waals surface area contributed by atoms with Gasteiger partial charge in [-0.1, -0.05) is 0 Å². The molecule has 2 aliphatic heterocycles. The van der Waals surface area contributed by atoms with Crippen LogP contribution in [-0.2, 0) is 4.74 Å². The first-order valence-corrected chi connectivity index (χ1v) is 3.99. The van der Waals surface area contributed by atoms with Crippen molar-refractivity contribution in [2.45, 2.75) is 12.5 Å². The lowest BCUT2D eigenvalue weighted by Gasteiger charge is -2.39. The summed E-state index contributed by atoms with van der Waals surface area (Å²) in [4.78, 5) is 2.42. The lowest BCUT2D eigenvalue weighted by Crippen LogP contribution is -2.54. The number of nitrogens with zero attached hydrogens (tertiary/aromatic N) is 1. The summed E-state index contributed by atoms with van der Waals surface area (Å²) in [5.74, 6) is 0. The minimum absolute atomic E-state index is 0.752. The molecule has 2 saturated heterocycles. The molecule has 0 amide bonds. The van der Waals surface area contributed by atoms with E-state index in [9.17, 15) is 0 Å². The largest absolute Gasteiger partial charge is 0.366 e. The normalized spacial score (nSPS) is 35.4. The predicted octanol–water partition coefficient (Wildman–Crippen LogP) is -0.362. The topological polar surface area (TPSA) is 24.5 Å². The van der Waals surface area contributed by atoms with Crippen molar-refractivity contribution >= 4 is 0 Å². The van der Waals surface area contributed by atoms with E-state index in [1.165, 1.54) is 6.42 Å². The Balaban J connectivity index is 1.93. The SMILES string of the molecule is C1CN2COCCC2CN1. The molecule has 2 aliphatic rings. The number of rotatable bonds is 0. The fourth-order valence-electron chi connectivity index (χ4n) is 1.66. The Morgan fingerprint density at radius 3 is 3.40 bits per heavy atom. The van der Waals surface area contributed by atoms with E-state index in [-0.39, 0.29) is 0 Å².